The van der Waals surface area contributed by atoms with Gasteiger partial charge >= 0.3 is 17.1 Å². The highest BCUT2D eigenvalue weighted by Crippen LogP contribution is 2.22. The largest absolute Gasteiger partial charge is 0.631 e. The number of hydrogen-bond acceptors (Lipinski definition) is 16. The van der Waals surface area contributed by atoms with Gasteiger partial charge in [-0.2, -0.15) is 13.2 Å². The Morgan fingerprint density at radius 3 is 1.47 bits per heavy atom. The maximum atomic E-state index is 13.9. The first kappa shape index (κ1) is 59.2. The molecule has 2 N–H and O–H groups in total. The number of nitrogens with zero attached hydrogens (tertiary/aromatic N) is 7. The van der Waals surface area contributed by atoms with Crippen LogP contribution in [-0.4, -0.2) is 143 Å². The third-order valence-electron chi connectivity index (χ3n) is 10.9. The summed E-state index contributed by atoms with van der Waals surface area (Å²) < 4.78 is 76.0. The number of aromatic amines is 1. The third kappa shape index (κ3) is 16.1. The molecule has 6 fully saturated rings. The van der Waals surface area contributed by atoms with Crippen LogP contribution in [0.15, 0.2) is 47.4 Å². The average Bonchev–Trinajstić information content (AvgIpc) is 4.17. The van der Waals surface area contributed by atoms with Gasteiger partial charge < -0.3 is 48.4 Å². The molecule has 3 unspecified atom stereocenters. The lowest BCUT2D eigenvalue weighted by molar-refractivity contribution is -0.910. The summed E-state index contributed by atoms with van der Waals surface area (Å²) in [7, 11) is 0. The average molecular weight is 980 g/mol. The van der Waals surface area contributed by atoms with E-state index in [1.807, 2.05) is 16.7 Å². The van der Waals surface area contributed by atoms with Crippen molar-refractivity contribution in [3.8, 4) is 0 Å². The molecule has 0 aromatic carbocycles. The smallest absolute Gasteiger partial charge is 0.337 e. The third-order valence-corrected chi connectivity index (χ3v) is 10.9. The molecule has 6 saturated heterocycles. The van der Waals surface area contributed by atoms with Gasteiger partial charge in [-0.25, -0.2) is 23.5 Å². The number of ether oxygens (including phenoxy) is 6. The van der Waals surface area contributed by atoms with Gasteiger partial charge in [0.25, 0.3) is 16.7 Å². The molecule has 0 amide bonds. The Morgan fingerprint density at radius 1 is 0.603 bits per heavy atom. The van der Waals surface area contributed by atoms with E-state index in [0.717, 1.165) is 77.9 Å². The van der Waals surface area contributed by atoms with Crippen LogP contribution >= 0.6 is 0 Å². The van der Waals surface area contributed by atoms with Crippen molar-refractivity contribution in [1.29, 1.82) is 0 Å². The normalized spacial score (nSPS) is 21.8. The molecule has 0 bridgehead atoms. The number of aromatic nitrogens is 6. The molecule has 26 heteroatoms. The minimum atomic E-state index is -1.07. The van der Waals surface area contributed by atoms with E-state index in [0.29, 0.717) is 70.0 Å². The molecule has 23 nitrogen and oxygen atoms in total. The first-order valence-electron chi connectivity index (χ1n) is 21.3. The number of morpholine rings is 3. The Bertz CT molecular complexity index is 2330. The van der Waals surface area contributed by atoms with Crippen molar-refractivity contribution in [3.05, 3.63) is 104 Å². The highest BCUT2D eigenvalue weighted by molar-refractivity contribution is 5.11. The molecule has 9 heterocycles. The predicted octanol–water partition coefficient (Wildman–Crippen LogP) is 0.823. The topological polar surface area (TPSA) is 254 Å². The van der Waals surface area contributed by atoms with Crippen LogP contribution in [0.1, 0.15) is 79.5 Å². The van der Waals surface area contributed by atoms with E-state index < -0.39 is 81.2 Å². The summed E-state index contributed by atoms with van der Waals surface area (Å²) >= 11 is 0. The molecule has 0 saturated carbocycles. The Hall–Kier alpha value is -4.90. The van der Waals surface area contributed by atoms with Crippen molar-refractivity contribution in [2.75, 3.05) is 98.7 Å². The summed E-state index contributed by atoms with van der Waals surface area (Å²) in [5.41, 5.74) is -4.83. The molecule has 3 atom stereocenters. The number of hydrogen-bond donors (Lipinski definition) is 2. The zero-order valence-electron chi connectivity index (χ0n) is 35.9. The van der Waals surface area contributed by atoms with Gasteiger partial charge in [0.2, 0.25) is 17.5 Å². The van der Waals surface area contributed by atoms with Gasteiger partial charge in [-0.05, 0) is 38.5 Å². The molecule has 0 spiro atoms. The number of nitrogens with one attached hydrogen (secondary N) is 2. The van der Waals surface area contributed by atoms with Crippen LogP contribution in [0.2, 0.25) is 0 Å². The monoisotopic (exact) mass is 979 g/mol. The fourth-order valence-corrected chi connectivity index (χ4v) is 7.39. The second-order valence-electron chi connectivity index (χ2n) is 15.3. The molecule has 6 aliphatic heterocycles. The van der Waals surface area contributed by atoms with Crippen molar-refractivity contribution in [1.82, 2.24) is 38.0 Å². The zero-order valence-corrected chi connectivity index (χ0v) is 35.9. The van der Waals surface area contributed by atoms with Gasteiger partial charge in [0.05, 0.1) is 64.9 Å². The maximum absolute atomic E-state index is 13.9. The van der Waals surface area contributed by atoms with Crippen LogP contribution in [0.5, 0.6) is 0 Å². The molecule has 0 aliphatic carbocycles. The fourth-order valence-electron chi connectivity index (χ4n) is 7.39. The molecular formula is C42H68F3N9O14. The number of quaternary nitrogens is 1. The Balaban J connectivity index is 0.000000322. The standard InChI is InChI=1S/C13H18FN3O5.C13H18FN3O4.C8H9FN2O3.C4H9NO.CH2O.3CH4/c14-10-8-15(11-2-1-5-22-11)13(19)16(12(10)18)9-17(20)3-6-21-7-4-17;14-10-8-16(11-2-1-5-21-11)13(19)17(12(10)18)9-15-3-6-20-7-4-15;9-5-4-11(6-2-1-3-14-6)8(13)10-7(5)12;1-3-6-4-2-5-1;1-2;;;/h8,11H,1-7,9H2;8,11H,1-7,9H2;4,6H,1-3H2,(H,10,12,13);5H,1-4H2;1H2;3*1H4. The lowest BCUT2D eigenvalue weighted by Gasteiger charge is -2.44. The van der Waals surface area contributed by atoms with E-state index in [9.17, 15) is 47.1 Å². The number of rotatable bonds is 7. The van der Waals surface area contributed by atoms with Gasteiger partial charge in [-0.1, -0.05) is 22.3 Å². The maximum Gasteiger partial charge on any atom is 0.337 e. The Morgan fingerprint density at radius 2 is 1.03 bits per heavy atom. The van der Waals surface area contributed by atoms with Crippen LogP contribution in [0.3, 0.4) is 0 Å². The van der Waals surface area contributed by atoms with Crippen LogP contribution in [0, 0.1) is 22.7 Å². The van der Waals surface area contributed by atoms with E-state index in [2.05, 4.69) is 5.32 Å². The Labute approximate surface area is 390 Å². The highest BCUT2D eigenvalue weighted by atomic mass is 19.1. The number of H-pyrrole nitrogens is 1. The molecule has 3 aromatic rings. The molecular weight excluding hydrogens is 912 g/mol. The number of hydroxylamine groups is 3. The van der Waals surface area contributed by atoms with E-state index >= 15 is 0 Å². The summed E-state index contributed by atoms with van der Waals surface area (Å²) in [5, 5.41) is 15.7. The van der Waals surface area contributed by atoms with Crippen molar-refractivity contribution in [3.63, 3.8) is 0 Å². The minimum Gasteiger partial charge on any atom is -0.631 e. The van der Waals surface area contributed by atoms with E-state index in [4.69, 9.17) is 33.2 Å². The first-order chi connectivity index (χ1) is 31.3. The summed E-state index contributed by atoms with van der Waals surface area (Å²) in [5.74, 6) is -2.96. The van der Waals surface area contributed by atoms with Crippen molar-refractivity contribution < 1.29 is 51.0 Å². The zero-order chi connectivity index (χ0) is 46.9. The molecule has 9 rings (SSSR count). The molecule has 6 aliphatic rings. The van der Waals surface area contributed by atoms with E-state index in [1.165, 1.54) is 4.57 Å². The van der Waals surface area contributed by atoms with Crippen molar-refractivity contribution in [2.45, 2.75) is 92.8 Å². The lowest BCUT2D eigenvalue weighted by atomic mass is 10.3. The quantitative estimate of drug-likeness (QED) is 0.246. The van der Waals surface area contributed by atoms with Crippen LogP contribution in [0.4, 0.5) is 13.2 Å². The van der Waals surface area contributed by atoms with Crippen molar-refractivity contribution >= 4 is 6.79 Å². The summed E-state index contributed by atoms with van der Waals surface area (Å²) in [6.07, 6.45) is 5.48. The number of halogens is 3. The molecule has 68 heavy (non-hydrogen) atoms. The summed E-state index contributed by atoms with van der Waals surface area (Å²) in [6.45, 7) is 10.2. The van der Waals surface area contributed by atoms with Crippen LogP contribution in [0.25, 0.3) is 0 Å². The first-order valence-corrected chi connectivity index (χ1v) is 21.3. The number of carbonyl (C=O) groups excluding carboxylic acids is 1. The Kier molecular flexibility index (Phi) is 25.4. The SMILES string of the molecule is C.C.C.C1COCCN1.C=O.O=c1[nH]c(=O)n(C2CCCO2)cc1F.O=c1c(F)cn(C2CCCO2)c(=O)n1CN1CCOCC1.O=c1c(F)cn(C2CCCO2)c(=O)n1C[N+]1([O-])CCOCC1. The van der Waals surface area contributed by atoms with Crippen LogP contribution < -0.4 is 39.1 Å². The van der Waals surface area contributed by atoms with Gasteiger partial charge in [0.15, 0.2) is 6.67 Å². The van der Waals surface area contributed by atoms with Crippen molar-refractivity contribution in [2.24, 2.45) is 0 Å². The predicted molar refractivity (Wildman–Crippen MR) is 241 cm³/mol. The van der Waals surface area contributed by atoms with Gasteiger partial charge in [-0.15, -0.1) is 0 Å². The minimum absolute atomic E-state index is 0. The summed E-state index contributed by atoms with van der Waals surface area (Å²) in [4.78, 5) is 82.4. The highest BCUT2D eigenvalue weighted by Gasteiger charge is 2.28. The van der Waals surface area contributed by atoms with Gasteiger partial charge in [-0.3, -0.25) is 38.0 Å². The summed E-state index contributed by atoms with van der Waals surface area (Å²) in [6, 6.07) is 0. The molecule has 386 valence electrons. The van der Waals surface area contributed by atoms with E-state index in [-0.39, 0.29) is 55.3 Å². The molecule has 0 radical (unpaired) electrons. The van der Waals surface area contributed by atoms with Gasteiger partial charge in [0, 0.05) is 46.0 Å². The second kappa shape index (κ2) is 29.2. The fraction of sp³-hybridized carbons (Fsp3) is 0.690. The van der Waals surface area contributed by atoms with Gasteiger partial charge in [0.1, 0.15) is 38.6 Å². The lowest BCUT2D eigenvalue weighted by Crippen LogP contribution is -2.56. The number of carbonyl (C=O) groups is 1. The second-order valence-corrected chi connectivity index (χ2v) is 15.3. The molecule has 3 aromatic heterocycles. The van der Waals surface area contributed by atoms with Crippen LogP contribution in [-0.2, 0) is 46.6 Å². The van der Waals surface area contributed by atoms with E-state index in [1.54, 1.807) is 0 Å².